The first-order valence-corrected chi connectivity index (χ1v) is 6.68. The molecule has 2 aliphatic rings. The van der Waals surface area contributed by atoms with E-state index in [4.69, 9.17) is 11.6 Å². The van der Waals surface area contributed by atoms with Crippen LogP contribution in [0.4, 0.5) is 0 Å². The van der Waals surface area contributed by atoms with Gasteiger partial charge in [-0.2, -0.15) is 0 Å². The molecule has 3 heteroatoms. The fourth-order valence-corrected chi connectivity index (χ4v) is 3.04. The maximum Gasteiger partial charge on any atom is 0.223 e. The third-order valence-corrected chi connectivity index (χ3v) is 4.43. The number of halogens is 1. The maximum atomic E-state index is 11.6. The number of rotatable bonds is 4. The zero-order chi connectivity index (χ0) is 10.7. The second-order valence-corrected chi connectivity index (χ2v) is 5.29. The molecule has 2 saturated carbocycles. The molecule has 0 spiro atoms. The van der Waals surface area contributed by atoms with Gasteiger partial charge in [0.05, 0.1) is 0 Å². The van der Waals surface area contributed by atoms with Crippen LogP contribution in [-0.4, -0.2) is 18.3 Å². The summed E-state index contributed by atoms with van der Waals surface area (Å²) in [6.07, 6.45) is 7.17. The van der Waals surface area contributed by atoms with Gasteiger partial charge in [0.2, 0.25) is 5.91 Å². The zero-order valence-corrected chi connectivity index (χ0v) is 9.93. The highest BCUT2D eigenvalue weighted by Crippen LogP contribution is 2.32. The molecule has 0 saturated heterocycles. The van der Waals surface area contributed by atoms with Crippen molar-refractivity contribution in [3.05, 3.63) is 0 Å². The van der Waals surface area contributed by atoms with Gasteiger partial charge < -0.3 is 5.32 Å². The average Bonchev–Trinajstić information content (AvgIpc) is 2.58. The second kappa shape index (κ2) is 5.20. The van der Waals surface area contributed by atoms with Crippen molar-refractivity contribution in [2.75, 3.05) is 12.4 Å². The Hall–Kier alpha value is -0.240. The normalized spacial score (nSPS) is 31.3. The summed E-state index contributed by atoms with van der Waals surface area (Å²) < 4.78 is 0. The summed E-state index contributed by atoms with van der Waals surface area (Å²) in [5.41, 5.74) is 0. The summed E-state index contributed by atoms with van der Waals surface area (Å²) in [5.74, 6) is 2.62. The van der Waals surface area contributed by atoms with Crippen molar-refractivity contribution < 1.29 is 4.79 Å². The van der Waals surface area contributed by atoms with Crippen LogP contribution < -0.4 is 5.32 Å². The minimum Gasteiger partial charge on any atom is -0.356 e. The Balaban J connectivity index is 1.70. The van der Waals surface area contributed by atoms with E-state index in [1.165, 1.54) is 25.7 Å². The molecule has 15 heavy (non-hydrogen) atoms. The fraction of sp³-hybridized carbons (Fsp3) is 0.917. The summed E-state index contributed by atoms with van der Waals surface area (Å²) in [5, 5.41) is 3.09. The van der Waals surface area contributed by atoms with Gasteiger partial charge in [-0.1, -0.05) is 12.8 Å². The largest absolute Gasteiger partial charge is 0.356 e. The molecular weight excluding hydrogens is 210 g/mol. The van der Waals surface area contributed by atoms with Gasteiger partial charge in [-0.15, -0.1) is 11.6 Å². The minimum atomic E-state index is 0.279. The quantitative estimate of drug-likeness (QED) is 0.738. The summed E-state index contributed by atoms with van der Waals surface area (Å²) in [6, 6.07) is 0. The van der Waals surface area contributed by atoms with Crippen LogP contribution >= 0.6 is 11.6 Å². The highest BCUT2D eigenvalue weighted by atomic mass is 35.5. The first-order valence-electron chi connectivity index (χ1n) is 6.15. The van der Waals surface area contributed by atoms with E-state index in [1.54, 1.807) is 0 Å². The number of carbonyl (C=O) groups excluding carboxylic acids is 1. The monoisotopic (exact) mass is 229 g/mol. The lowest BCUT2D eigenvalue weighted by atomic mass is 9.84. The van der Waals surface area contributed by atoms with Gasteiger partial charge in [-0.05, 0) is 37.5 Å². The van der Waals surface area contributed by atoms with Crippen LogP contribution in [0.1, 0.15) is 38.5 Å². The summed E-state index contributed by atoms with van der Waals surface area (Å²) in [6.45, 7) is 0.854. The Labute approximate surface area is 96.8 Å². The Morgan fingerprint density at radius 1 is 1.13 bits per heavy atom. The second-order valence-electron chi connectivity index (χ2n) is 4.98. The molecule has 0 bridgehead atoms. The van der Waals surface area contributed by atoms with Crippen LogP contribution in [0.2, 0.25) is 0 Å². The van der Waals surface area contributed by atoms with Gasteiger partial charge in [0.25, 0.3) is 0 Å². The van der Waals surface area contributed by atoms with E-state index in [9.17, 15) is 4.79 Å². The molecule has 0 heterocycles. The first-order chi connectivity index (χ1) is 7.31. The van der Waals surface area contributed by atoms with E-state index in [1.807, 2.05) is 0 Å². The number of nitrogens with one attached hydrogen (secondary N) is 1. The summed E-state index contributed by atoms with van der Waals surface area (Å²) in [7, 11) is 0. The number of hydrogen-bond acceptors (Lipinski definition) is 1. The van der Waals surface area contributed by atoms with E-state index >= 15 is 0 Å². The minimum absolute atomic E-state index is 0.279. The van der Waals surface area contributed by atoms with Crippen LogP contribution in [-0.2, 0) is 4.79 Å². The molecule has 2 aliphatic carbocycles. The number of carbonyl (C=O) groups is 1. The zero-order valence-electron chi connectivity index (χ0n) is 9.18. The number of amides is 1. The highest BCUT2D eigenvalue weighted by molar-refractivity contribution is 6.18. The van der Waals surface area contributed by atoms with Crippen molar-refractivity contribution in [3.63, 3.8) is 0 Å². The van der Waals surface area contributed by atoms with Crippen molar-refractivity contribution >= 4 is 17.5 Å². The van der Waals surface area contributed by atoms with Gasteiger partial charge in [0, 0.05) is 18.3 Å². The Kier molecular flexibility index (Phi) is 3.90. The third-order valence-electron chi connectivity index (χ3n) is 4.03. The molecule has 0 aromatic carbocycles. The van der Waals surface area contributed by atoms with Crippen molar-refractivity contribution in [2.45, 2.75) is 38.5 Å². The fourth-order valence-electron chi connectivity index (χ4n) is 2.63. The van der Waals surface area contributed by atoms with E-state index in [2.05, 4.69) is 5.32 Å². The van der Waals surface area contributed by atoms with Crippen LogP contribution in [0.25, 0.3) is 0 Å². The molecule has 1 amide bonds. The van der Waals surface area contributed by atoms with Crippen LogP contribution in [0.5, 0.6) is 0 Å². The van der Waals surface area contributed by atoms with Gasteiger partial charge in [0.15, 0.2) is 0 Å². The van der Waals surface area contributed by atoms with Gasteiger partial charge in [-0.3, -0.25) is 4.79 Å². The highest BCUT2D eigenvalue weighted by Gasteiger charge is 2.29. The third kappa shape index (κ3) is 2.66. The van der Waals surface area contributed by atoms with Crippen molar-refractivity contribution in [1.29, 1.82) is 0 Å². The van der Waals surface area contributed by atoms with E-state index in [0.717, 1.165) is 25.3 Å². The maximum absolute atomic E-state index is 11.6. The smallest absolute Gasteiger partial charge is 0.223 e. The molecule has 2 atom stereocenters. The summed E-state index contributed by atoms with van der Waals surface area (Å²) in [4.78, 5) is 11.6. The molecule has 2 fully saturated rings. The molecule has 2 rings (SSSR count). The lowest BCUT2D eigenvalue weighted by Gasteiger charge is -2.25. The average molecular weight is 230 g/mol. The lowest BCUT2D eigenvalue weighted by molar-refractivity contribution is -0.127. The van der Waals surface area contributed by atoms with E-state index < -0.39 is 0 Å². The van der Waals surface area contributed by atoms with E-state index in [0.29, 0.717) is 17.8 Å². The predicted molar refractivity (Wildman–Crippen MR) is 61.9 cm³/mol. The van der Waals surface area contributed by atoms with Gasteiger partial charge in [0.1, 0.15) is 0 Å². The topological polar surface area (TPSA) is 29.1 Å². The van der Waals surface area contributed by atoms with Crippen molar-refractivity contribution in [3.8, 4) is 0 Å². The molecule has 0 radical (unpaired) electrons. The summed E-state index contributed by atoms with van der Waals surface area (Å²) >= 11 is 5.91. The van der Waals surface area contributed by atoms with Crippen molar-refractivity contribution in [1.82, 2.24) is 5.32 Å². The van der Waals surface area contributed by atoms with Gasteiger partial charge in [-0.25, -0.2) is 0 Å². The van der Waals surface area contributed by atoms with Crippen LogP contribution in [0.3, 0.4) is 0 Å². The van der Waals surface area contributed by atoms with Gasteiger partial charge >= 0.3 is 0 Å². The molecule has 2 unspecified atom stereocenters. The number of alkyl halides is 1. The van der Waals surface area contributed by atoms with Crippen LogP contribution in [0, 0.1) is 17.8 Å². The molecule has 0 aliphatic heterocycles. The Morgan fingerprint density at radius 2 is 1.80 bits per heavy atom. The molecule has 1 N–H and O–H groups in total. The number of hydrogen-bond donors (Lipinski definition) is 1. The lowest BCUT2D eigenvalue weighted by Crippen LogP contribution is -2.38. The van der Waals surface area contributed by atoms with E-state index in [-0.39, 0.29) is 5.91 Å². The Morgan fingerprint density at radius 3 is 2.40 bits per heavy atom. The molecular formula is C12H20ClNO. The standard InChI is InChI=1S/C12H20ClNO/c13-7-10-5-2-6-11(10)8-14-12(15)9-3-1-4-9/h9-11H,1-8H2,(H,14,15). The molecule has 2 nitrogen and oxygen atoms in total. The Bertz CT molecular complexity index is 228. The predicted octanol–water partition coefficient (Wildman–Crippen LogP) is 2.56. The molecule has 0 aromatic heterocycles. The molecule has 86 valence electrons. The van der Waals surface area contributed by atoms with Crippen LogP contribution in [0.15, 0.2) is 0 Å². The van der Waals surface area contributed by atoms with Crippen molar-refractivity contribution in [2.24, 2.45) is 17.8 Å². The SMILES string of the molecule is O=C(NCC1CCCC1CCl)C1CCC1. The first kappa shape index (κ1) is 11.3. The molecule has 0 aromatic rings.